The van der Waals surface area contributed by atoms with Crippen LogP contribution in [0, 0.1) is 10.1 Å². The van der Waals surface area contributed by atoms with E-state index in [2.05, 4.69) is 27.4 Å². The Hall–Kier alpha value is -2.42. The molecule has 0 radical (unpaired) electrons. The predicted octanol–water partition coefficient (Wildman–Crippen LogP) is 6.09. The first-order chi connectivity index (χ1) is 13.1. The minimum atomic E-state index is -0.488. The second-order valence-electron chi connectivity index (χ2n) is 6.00. The maximum atomic E-state index is 11.0. The van der Waals surface area contributed by atoms with Crippen molar-refractivity contribution in [3.63, 3.8) is 0 Å². The summed E-state index contributed by atoms with van der Waals surface area (Å²) in [5.74, 6) is 0. The van der Waals surface area contributed by atoms with Crippen LogP contribution in [-0.4, -0.2) is 21.4 Å². The highest BCUT2D eigenvalue weighted by Crippen LogP contribution is 2.32. The first-order valence-corrected chi connectivity index (χ1v) is 9.56. The molecule has 4 rings (SSSR count). The lowest BCUT2D eigenvalue weighted by atomic mass is 10.1. The van der Waals surface area contributed by atoms with Crippen LogP contribution in [0.15, 0.2) is 54.0 Å². The Labute approximate surface area is 180 Å². The fourth-order valence-corrected chi connectivity index (χ4v) is 3.88. The van der Waals surface area contributed by atoms with Crippen LogP contribution in [-0.2, 0) is 6.42 Å². The first kappa shape index (κ1) is 20.3. The van der Waals surface area contributed by atoms with Crippen LogP contribution in [0.25, 0.3) is 22.2 Å². The number of thiazole rings is 1. The summed E-state index contributed by atoms with van der Waals surface area (Å²) in [6.07, 6.45) is 2.90. The Bertz CT molecular complexity index is 1130. The van der Waals surface area contributed by atoms with E-state index in [1.807, 2.05) is 23.7 Å². The fourth-order valence-electron chi connectivity index (χ4n) is 2.94. The number of hydrogen-bond donors (Lipinski definition) is 2. The molecule has 0 amide bonds. The molecule has 2 heterocycles. The number of nitrogens with zero attached hydrogens (tertiary/aromatic N) is 2. The van der Waals surface area contributed by atoms with Gasteiger partial charge in [0.25, 0.3) is 5.69 Å². The molecule has 0 saturated heterocycles. The van der Waals surface area contributed by atoms with Crippen LogP contribution in [0.4, 0.5) is 10.8 Å². The highest BCUT2D eigenvalue weighted by atomic mass is 79.9. The van der Waals surface area contributed by atoms with Crippen molar-refractivity contribution in [1.82, 2.24) is 9.97 Å². The van der Waals surface area contributed by atoms with Gasteiger partial charge in [0.2, 0.25) is 0 Å². The van der Waals surface area contributed by atoms with Crippen molar-refractivity contribution >= 4 is 61.6 Å². The van der Waals surface area contributed by atoms with Gasteiger partial charge in [-0.15, -0.1) is 28.3 Å². The zero-order chi connectivity index (χ0) is 18.8. The molecule has 4 aromatic rings. The van der Waals surface area contributed by atoms with Gasteiger partial charge in [0, 0.05) is 40.7 Å². The minimum absolute atomic E-state index is 0. The Balaban J connectivity index is 0.00000225. The van der Waals surface area contributed by atoms with Gasteiger partial charge in [-0.25, -0.2) is 4.98 Å². The number of hydrogen-bond acceptors (Lipinski definition) is 5. The smallest absolute Gasteiger partial charge is 0.288 e. The molecule has 0 unspecified atom stereocenters. The molecule has 0 spiro atoms. The van der Waals surface area contributed by atoms with Gasteiger partial charge in [0.1, 0.15) is 5.02 Å². The number of anilines is 1. The van der Waals surface area contributed by atoms with Crippen LogP contribution in [0.5, 0.6) is 0 Å². The third kappa shape index (κ3) is 4.19. The first-order valence-electron chi connectivity index (χ1n) is 8.30. The lowest BCUT2D eigenvalue weighted by Crippen LogP contribution is -2.04. The number of para-hydroxylation sites is 1. The summed E-state index contributed by atoms with van der Waals surface area (Å²) in [4.78, 5) is 18.4. The van der Waals surface area contributed by atoms with E-state index in [-0.39, 0.29) is 27.7 Å². The van der Waals surface area contributed by atoms with Gasteiger partial charge in [-0.3, -0.25) is 10.1 Å². The van der Waals surface area contributed by atoms with Gasteiger partial charge in [0.05, 0.1) is 10.6 Å². The molecule has 0 aliphatic rings. The van der Waals surface area contributed by atoms with Gasteiger partial charge in [-0.1, -0.05) is 35.9 Å². The summed E-state index contributed by atoms with van der Waals surface area (Å²) in [5, 5.41) is 18.4. The summed E-state index contributed by atoms with van der Waals surface area (Å²) in [7, 11) is 0. The Morgan fingerprint density at radius 3 is 2.89 bits per heavy atom. The van der Waals surface area contributed by atoms with Crippen molar-refractivity contribution < 1.29 is 4.92 Å². The van der Waals surface area contributed by atoms with Gasteiger partial charge in [0.15, 0.2) is 5.13 Å². The van der Waals surface area contributed by atoms with Crippen LogP contribution < -0.4 is 5.32 Å². The number of nitro groups is 1. The summed E-state index contributed by atoms with van der Waals surface area (Å²) >= 11 is 7.34. The standard InChI is InChI=1S/C19H15ClN4O2S.BrH/c20-15-6-5-12(9-18(15)24(25)26)17-11-27-19(23-17)21-8-7-13-10-22-16-4-2-1-3-14(13)16;/h1-6,9-11,22H,7-8H2,(H,21,23);1H. The van der Waals surface area contributed by atoms with E-state index in [0.717, 1.165) is 23.6 Å². The van der Waals surface area contributed by atoms with Crippen LogP contribution >= 0.6 is 39.9 Å². The molecule has 0 atom stereocenters. The zero-order valence-electron chi connectivity index (χ0n) is 14.5. The van der Waals surface area contributed by atoms with Gasteiger partial charge in [-0.2, -0.15) is 0 Å². The van der Waals surface area contributed by atoms with E-state index in [1.165, 1.54) is 34.4 Å². The normalized spacial score (nSPS) is 10.6. The van der Waals surface area contributed by atoms with Crippen LogP contribution in [0.1, 0.15) is 5.56 Å². The average Bonchev–Trinajstić information content (AvgIpc) is 3.30. The Morgan fingerprint density at radius 1 is 1.25 bits per heavy atom. The van der Waals surface area contributed by atoms with Gasteiger partial charge in [-0.05, 0) is 24.1 Å². The van der Waals surface area contributed by atoms with Crippen LogP contribution in [0.3, 0.4) is 0 Å². The van der Waals surface area contributed by atoms with E-state index in [1.54, 1.807) is 6.07 Å². The number of nitrogens with one attached hydrogen (secondary N) is 2. The monoisotopic (exact) mass is 478 g/mol. The number of rotatable bonds is 6. The number of aromatic nitrogens is 2. The molecule has 0 fully saturated rings. The molecule has 28 heavy (non-hydrogen) atoms. The van der Waals surface area contributed by atoms with Crippen molar-refractivity contribution in [2.75, 3.05) is 11.9 Å². The van der Waals surface area contributed by atoms with Crippen molar-refractivity contribution in [3.8, 4) is 11.3 Å². The Morgan fingerprint density at radius 2 is 2.07 bits per heavy atom. The Kier molecular flexibility index (Phi) is 6.33. The molecule has 0 aliphatic carbocycles. The number of H-pyrrole nitrogens is 1. The van der Waals surface area contributed by atoms with Gasteiger partial charge >= 0.3 is 0 Å². The SMILES string of the molecule is Br.O=[N+]([O-])c1cc(-c2csc(NCCc3c[nH]c4ccccc34)n2)ccc1Cl. The molecule has 9 heteroatoms. The van der Waals surface area contributed by atoms with Crippen LogP contribution in [0.2, 0.25) is 5.02 Å². The van der Waals surface area contributed by atoms with Gasteiger partial charge < -0.3 is 10.3 Å². The molecule has 0 saturated carbocycles. The van der Waals surface area contributed by atoms with Crippen molar-refractivity contribution in [3.05, 3.63) is 74.7 Å². The van der Waals surface area contributed by atoms with E-state index in [4.69, 9.17) is 11.6 Å². The molecule has 0 bridgehead atoms. The second-order valence-corrected chi connectivity index (χ2v) is 7.26. The largest absolute Gasteiger partial charge is 0.361 e. The maximum absolute atomic E-state index is 11.0. The lowest BCUT2D eigenvalue weighted by Gasteiger charge is -2.02. The number of benzene rings is 2. The molecule has 2 aromatic carbocycles. The minimum Gasteiger partial charge on any atom is -0.361 e. The second kappa shape index (κ2) is 8.72. The molecule has 6 nitrogen and oxygen atoms in total. The van der Waals surface area contributed by atoms with E-state index < -0.39 is 4.92 Å². The molecular formula is C19H16BrClN4O2S. The molecule has 144 valence electrons. The highest BCUT2D eigenvalue weighted by molar-refractivity contribution is 8.93. The summed E-state index contributed by atoms with van der Waals surface area (Å²) in [6, 6.07) is 12.9. The quantitative estimate of drug-likeness (QED) is 0.259. The average molecular weight is 480 g/mol. The van der Waals surface area contributed by atoms with E-state index in [0.29, 0.717) is 11.3 Å². The number of fused-ring (bicyclic) bond motifs is 1. The number of nitro benzene ring substituents is 1. The van der Waals surface area contributed by atoms with E-state index in [9.17, 15) is 10.1 Å². The summed E-state index contributed by atoms with van der Waals surface area (Å²) < 4.78 is 0. The summed E-state index contributed by atoms with van der Waals surface area (Å²) in [6.45, 7) is 0.746. The van der Waals surface area contributed by atoms with Crippen molar-refractivity contribution in [1.29, 1.82) is 0 Å². The molecule has 0 aliphatic heterocycles. The molecular weight excluding hydrogens is 464 g/mol. The molecule has 2 aromatic heterocycles. The fraction of sp³-hybridized carbons (Fsp3) is 0.105. The van der Waals surface area contributed by atoms with Crippen molar-refractivity contribution in [2.24, 2.45) is 0 Å². The molecule has 2 N–H and O–H groups in total. The number of aromatic amines is 1. The highest BCUT2D eigenvalue weighted by Gasteiger charge is 2.15. The predicted molar refractivity (Wildman–Crippen MR) is 120 cm³/mol. The third-order valence-corrected chi connectivity index (χ3v) is 5.41. The third-order valence-electron chi connectivity index (χ3n) is 4.29. The van der Waals surface area contributed by atoms with Crippen molar-refractivity contribution in [2.45, 2.75) is 6.42 Å². The zero-order valence-corrected chi connectivity index (χ0v) is 17.8. The number of halogens is 2. The van der Waals surface area contributed by atoms with E-state index >= 15 is 0 Å². The topological polar surface area (TPSA) is 83.9 Å². The summed E-state index contributed by atoms with van der Waals surface area (Å²) in [5.41, 5.74) is 3.63. The maximum Gasteiger partial charge on any atom is 0.288 e. The lowest BCUT2D eigenvalue weighted by molar-refractivity contribution is -0.384.